The van der Waals surface area contributed by atoms with Crippen LogP contribution < -0.4 is 5.69 Å². The van der Waals surface area contributed by atoms with E-state index in [4.69, 9.17) is 0 Å². The number of halogens is 1. The summed E-state index contributed by atoms with van der Waals surface area (Å²) in [6.07, 6.45) is 3.38. The third kappa shape index (κ3) is 3.67. The number of aromatic nitrogens is 3. The molecule has 0 spiro atoms. The zero-order chi connectivity index (χ0) is 18.8. The Bertz CT molecular complexity index is 1130. The van der Waals surface area contributed by atoms with Crippen LogP contribution in [0.3, 0.4) is 0 Å². The van der Waals surface area contributed by atoms with E-state index in [1.54, 1.807) is 16.5 Å². The zero-order valence-corrected chi connectivity index (χ0v) is 15.1. The van der Waals surface area contributed by atoms with Gasteiger partial charge in [-0.1, -0.05) is 42.0 Å². The van der Waals surface area contributed by atoms with Crippen molar-refractivity contribution in [3.8, 4) is 11.1 Å². The van der Waals surface area contributed by atoms with Crippen molar-refractivity contribution in [2.45, 2.75) is 26.3 Å². The summed E-state index contributed by atoms with van der Waals surface area (Å²) in [5.74, 6) is -0.236. The highest BCUT2D eigenvalue weighted by Gasteiger charge is 2.08. The van der Waals surface area contributed by atoms with Gasteiger partial charge in [0.2, 0.25) is 0 Å². The molecule has 0 saturated carbocycles. The third-order valence-corrected chi connectivity index (χ3v) is 4.71. The van der Waals surface area contributed by atoms with Crippen LogP contribution in [-0.2, 0) is 13.0 Å². The van der Waals surface area contributed by atoms with Crippen molar-refractivity contribution in [3.05, 3.63) is 94.3 Å². The molecule has 0 aliphatic heterocycles. The molecule has 0 fully saturated rings. The molecule has 4 nitrogen and oxygen atoms in total. The molecule has 0 unspecified atom stereocenters. The molecule has 4 rings (SSSR count). The molecule has 0 atom stereocenters. The topological polar surface area (TPSA) is 39.3 Å². The van der Waals surface area contributed by atoms with Gasteiger partial charge in [0, 0.05) is 12.7 Å². The Kier molecular flexibility index (Phi) is 4.59. The first-order valence-electron chi connectivity index (χ1n) is 9.01. The number of fused-ring (bicyclic) bond motifs is 1. The van der Waals surface area contributed by atoms with Gasteiger partial charge in [0.25, 0.3) is 0 Å². The van der Waals surface area contributed by atoms with Crippen LogP contribution in [0, 0.1) is 12.7 Å². The second-order valence-corrected chi connectivity index (χ2v) is 6.75. The lowest BCUT2D eigenvalue weighted by molar-refractivity contribution is 0.560. The number of hydrogen-bond acceptors (Lipinski definition) is 2. The number of pyridine rings is 1. The Morgan fingerprint density at radius 1 is 0.926 bits per heavy atom. The first kappa shape index (κ1) is 17.2. The van der Waals surface area contributed by atoms with E-state index in [0.29, 0.717) is 12.2 Å². The van der Waals surface area contributed by atoms with E-state index in [9.17, 15) is 9.18 Å². The number of benzene rings is 2. The smallest absolute Gasteiger partial charge is 0.250 e. The van der Waals surface area contributed by atoms with Crippen molar-refractivity contribution in [3.63, 3.8) is 0 Å². The van der Waals surface area contributed by atoms with Crippen LogP contribution in [0.5, 0.6) is 0 Å². The third-order valence-electron chi connectivity index (χ3n) is 4.71. The molecule has 0 amide bonds. The number of nitrogens with zero attached hydrogens (tertiary/aromatic N) is 3. The minimum Gasteiger partial charge on any atom is -0.250 e. The zero-order valence-electron chi connectivity index (χ0n) is 15.1. The predicted octanol–water partition coefficient (Wildman–Crippen LogP) is 4.24. The van der Waals surface area contributed by atoms with Gasteiger partial charge in [0.15, 0.2) is 5.65 Å². The summed E-state index contributed by atoms with van der Waals surface area (Å²) in [6, 6.07) is 18.5. The van der Waals surface area contributed by atoms with E-state index < -0.39 is 0 Å². The van der Waals surface area contributed by atoms with Gasteiger partial charge in [-0.2, -0.15) is 0 Å². The Morgan fingerprint density at radius 2 is 1.63 bits per heavy atom. The Hall–Kier alpha value is -3.21. The van der Waals surface area contributed by atoms with Crippen molar-refractivity contribution in [1.29, 1.82) is 0 Å². The quantitative estimate of drug-likeness (QED) is 0.533. The molecule has 5 heteroatoms. The monoisotopic (exact) mass is 361 g/mol. The van der Waals surface area contributed by atoms with Gasteiger partial charge in [-0.05, 0) is 60.7 Å². The maximum absolute atomic E-state index is 13.0. The van der Waals surface area contributed by atoms with Gasteiger partial charge in [-0.3, -0.25) is 0 Å². The molecule has 0 N–H and O–H groups in total. The first-order valence-corrected chi connectivity index (χ1v) is 9.01. The van der Waals surface area contributed by atoms with Crippen LogP contribution in [-0.4, -0.2) is 14.2 Å². The highest BCUT2D eigenvalue weighted by molar-refractivity contribution is 5.64. The summed E-state index contributed by atoms with van der Waals surface area (Å²) in [4.78, 5) is 12.7. The predicted molar refractivity (Wildman–Crippen MR) is 104 cm³/mol. The van der Waals surface area contributed by atoms with Crippen LogP contribution in [0.4, 0.5) is 4.39 Å². The lowest BCUT2D eigenvalue weighted by Gasteiger charge is -2.02. The standard InChI is InChI=1S/C22H20FN3O/c1-16-4-8-18(9-5-16)19-10-13-21-24-26(22(27)25(21)15-19)14-2-3-17-6-11-20(23)12-7-17/h4-13,15H,2-3,14H2,1H3. The molecule has 4 aromatic rings. The van der Waals surface area contributed by atoms with E-state index >= 15 is 0 Å². The van der Waals surface area contributed by atoms with Gasteiger partial charge in [0.05, 0.1) is 0 Å². The van der Waals surface area contributed by atoms with Gasteiger partial charge in [-0.15, -0.1) is 5.10 Å². The normalized spacial score (nSPS) is 11.2. The maximum atomic E-state index is 13.0. The summed E-state index contributed by atoms with van der Waals surface area (Å²) in [6.45, 7) is 2.57. The molecule has 2 aromatic carbocycles. The lowest BCUT2D eigenvalue weighted by atomic mass is 10.1. The number of hydrogen-bond donors (Lipinski definition) is 0. The second kappa shape index (κ2) is 7.19. The summed E-state index contributed by atoms with van der Waals surface area (Å²) in [5.41, 5.74) is 4.80. The minimum atomic E-state index is -0.236. The van der Waals surface area contributed by atoms with Crippen molar-refractivity contribution in [1.82, 2.24) is 14.2 Å². The fraction of sp³-hybridized carbons (Fsp3) is 0.182. The molecule has 2 heterocycles. The highest BCUT2D eigenvalue weighted by atomic mass is 19.1. The molecule has 0 aliphatic rings. The van der Waals surface area contributed by atoms with E-state index in [1.807, 2.05) is 25.3 Å². The fourth-order valence-electron chi connectivity index (χ4n) is 3.16. The summed E-state index contributed by atoms with van der Waals surface area (Å²) in [5, 5.41) is 4.41. The summed E-state index contributed by atoms with van der Waals surface area (Å²) < 4.78 is 16.0. The van der Waals surface area contributed by atoms with E-state index in [2.05, 4.69) is 29.4 Å². The molecular weight excluding hydrogens is 341 g/mol. The van der Waals surface area contributed by atoms with Crippen LogP contribution >= 0.6 is 0 Å². The molecule has 0 radical (unpaired) electrons. The van der Waals surface area contributed by atoms with Gasteiger partial charge in [-0.25, -0.2) is 18.3 Å². The van der Waals surface area contributed by atoms with E-state index in [1.165, 1.54) is 22.4 Å². The van der Waals surface area contributed by atoms with Crippen LogP contribution in [0.1, 0.15) is 17.5 Å². The number of rotatable bonds is 5. The molecule has 0 saturated heterocycles. The van der Waals surface area contributed by atoms with Gasteiger partial charge >= 0.3 is 5.69 Å². The Labute approximate surface area is 156 Å². The van der Waals surface area contributed by atoms with Gasteiger partial charge < -0.3 is 0 Å². The molecule has 27 heavy (non-hydrogen) atoms. The molecular formula is C22H20FN3O. The first-order chi connectivity index (χ1) is 13.1. The Morgan fingerprint density at radius 3 is 2.37 bits per heavy atom. The SMILES string of the molecule is Cc1ccc(-c2ccc3nn(CCCc4ccc(F)cc4)c(=O)n3c2)cc1. The van der Waals surface area contributed by atoms with E-state index in [0.717, 1.165) is 29.5 Å². The molecule has 136 valence electrons. The van der Waals surface area contributed by atoms with Crippen molar-refractivity contribution in [2.24, 2.45) is 0 Å². The van der Waals surface area contributed by atoms with Gasteiger partial charge in [0.1, 0.15) is 5.82 Å². The number of aryl methyl sites for hydroxylation is 3. The van der Waals surface area contributed by atoms with Crippen LogP contribution in [0.15, 0.2) is 71.7 Å². The largest absolute Gasteiger partial charge is 0.350 e. The van der Waals surface area contributed by atoms with Crippen LogP contribution in [0.2, 0.25) is 0 Å². The highest BCUT2D eigenvalue weighted by Crippen LogP contribution is 2.19. The molecule has 0 bridgehead atoms. The summed E-state index contributed by atoms with van der Waals surface area (Å²) in [7, 11) is 0. The average Bonchev–Trinajstić information content (AvgIpc) is 2.99. The van der Waals surface area contributed by atoms with Crippen LogP contribution in [0.25, 0.3) is 16.8 Å². The maximum Gasteiger partial charge on any atom is 0.350 e. The summed E-state index contributed by atoms with van der Waals surface area (Å²) >= 11 is 0. The Balaban J connectivity index is 1.54. The van der Waals surface area contributed by atoms with E-state index in [-0.39, 0.29) is 11.5 Å². The lowest BCUT2D eigenvalue weighted by Crippen LogP contribution is -2.21. The van der Waals surface area contributed by atoms with Crippen molar-refractivity contribution >= 4 is 5.65 Å². The van der Waals surface area contributed by atoms with Crippen molar-refractivity contribution in [2.75, 3.05) is 0 Å². The second-order valence-electron chi connectivity index (χ2n) is 6.75. The molecule has 2 aromatic heterocycles. The molecule has 0 aliphatic carbocycles. The van der Waals surface area contributed by atoms with Crippen molar-refractivity contribution < 1.29 is 4.39 Å². The average molecular weight is 361 g/mol. The fourth-order valence-corrected chi connectivity index (χ4v) is 3.16. The minimum absolute atomic E-state index is 0.141.